The molecular formula is C16H24N2O2S. The minimum atomic E-state index is -3.35. The molecule has 116 valence electrons. The molecule has 1 N–H and O–H groups in total. The highest BCUT2D eigenvalue weighted by Gasteiger charge is 2.36. The molecule has 0 aliphatic carbocycles. The Bertz CT molecular complexity index is 600. The van der Waals surface area contributed by atoms with Gasteiger partial charge in [-0.2, -0.15) is 4.31 Å². The number of nitrogens with one attached hydrogen (secondary N) is 1. The number of fused-ring (bicyclic) bond motifs is 1. The molecule has 5 heteroatoms. The largest absolute Gasteiger partial charge is 0.314 e. The van der Waals surface area contributed by atoms with E-state index in [1.54, 1.807) is 16.4 Å². The molecule has 0 saturated carbocycles. The van der Waals surface area contributed by atoms with Gasteiger partial charge in [-0.25, -0.2) is 8.42 Å². The smallest absolute Gasteiger partial charge is 0.243 e. The number of nitrogens with zero attached hydrogens (tertiary/aromatic N) is 1. The number of hydrogen-bond donors (Lipinski definition) is 1. The fraction of sp³-hybridized carbons (Fsp3) is 0.625. The molecule has 3 rings (SSSR count). The van der Waals surface area contributed by atoms with Crippen molar-refractivity contribution in [3.8, 4) is 0 Å². The van der Waals surface area contributed by atoms with Crippen molar-refractivity contribution in [2.24, 2.45) is 5.92 Å². The standard InChI is InChI=1S/C16H24N2O2S/c1-13-6-2-3-8-16(13)21(19,20)18-11-9-15-14(12-18)7-4-5-10-17-15/h2-3,6,8,14-15,17H,4-5,7,9-12H2,1H3/t14-,15+/m0/s1. The molecule has 0 aromatic heterocycles. The fourth-order valence-electron chi connectivity index (χ4n) is 3.58. The average molecular weight is 308 g/mol. The second-order valence-corrected chi connectivity index (χ2v) is 8.14. The molecule has 2 heterocycles. The maximum atomic E-state index is 12.9. The molecule has 1 aromatic rings. The third kappa shape index (κ3) is 3.00. The average Bonchev–Trinajstić information content (AvgIpc) is 2.72. The molecule has 2 aliphatic heterocycles. The zero-order valence-corrected chi connectivity index (χ0v) is 13.4. The van der Waals surface area contributed by atoms with Gasteiger partial charge in [0.15, 0.2) is 0 Å². The Morgan fingerprint density at radius 2 is 2.00 bits per heavy atom. The fourth-order valence-corrected chi connectivity index (χ4v) is 5.32. The molecule has 4 nitrogen and oxygen atoms in total. The van der Waals surface area contributed by atoms with Crippen LogP contribution in [0.15, 0.2) is 29.2 Å². The van der Waals surface area contributed by atoms with Crippen LogP contribution in [0.5, 0.6) is 0 Å². The Morgan fingerprint density at radius 3 is 2.81 bits per heavy atom. The summed E-state index contributed by atoms with van der Waals surface area (Å²) < 4.78 is 27.4. The summed E-state index contributed by atoms with van der Waals surface area (Å²) in [4.78, 5) is 0.463. The van der Waals surface area contributed by atoms with E-state index in [2.05, 4.69) is 5.32 Å². The maximum Gasteiger partial charge on any atom is 0.243 e. The van der Waals surface area contributed by atoms with Crippen LogP contribution in [0.1, 0.15) is 31.2 Å². The van der Waals surface area contributed by atoms with Crippen molar-refractivity contribution in [1.82, 2.24) is 9.62 Å². The van der Waals surface area contributed by atoms with Crippen molar-refractivity contribution in [3.05, 3.63) is 29.8 Å². The number of piperidine rings is 1. The SMILES string of the molecule is Cc1ccccc1S(=O)(=O)N1CC[C@H]2NCCCC[C@H]2C1. The lowest BCUT2D eigenvalue weighted by Gasteiger charge is -2.37. The van der Waals surface area contributed by atoms with Gasteiger partial charge in [0.25, 0.3) is 0 Å². The molecule has 0 radical (unpaired) electrons. The molecule has 0 bridgehead atoms. The summed E-state index contributed by atoms with van der Waals surface area (Å²) in [5.41, 5.74) is 0.832. The summed E-state index contributed by atoms with van der Waals surface area (Å²) in [6.07, 6.45) is 4.47. The van der Waals surface area contributed by atoms with Gasteiger partial charge in [0.2, 0.25) is 10.0 Å². The first-order chi connectivity index (χ1) is 10.1. The first-order valence-electron chi connectivity index (χ1n) is 7.88. The molecule has 2 aliphatic rings. The first kappa shape index (κ1) is 15.0. The van der Waals surface area contributed by atoms with Gasteiger partial charge in [0.1, 0.15) is 0 Å². The van der Waals surface area contributed by atoms with Gasteiger partial charge in [-0.3, -0.25) is 0 Å². The van der Waals surface area contributed by atoms with Gasteiger partial charge in [-0.1, -0.05) is 24.6 Å². The van der Waals surface area contributed by atoms with E-state index >= 15 is 0 Å². The molecule has 2 saturated heterocycles. The second kappa shape index (κ2) is 6.07. The van der Waals surface area contributed by atoms with E-state index in [1.807, 2.05) is 19.1 Å². The minimum Gasteiger partial charge on any atom is -0.314 e. The Hall–Kier alpha value is -0.910. The van der Waals surface area contributed by atoms with Crippen molar-refractivity contribution in [1.29, 1.82) is 0 Å². The first-order valence-corrected chi connectivity index (χ1v) is 9.32. The van der Waals surface area contributed by atoms with Crippen LogP contribution >= 0.6 is 0 Å². The zero-order valence-electron chi connectivity index (χ0n) is 12.6. The van der Waals surface area contributed by atoms with Crippen LogP contribution in [-0.2, 0) is 10.0 Å². The van der Waals surface area contributed by atoms with Gasteiger partial charge < -0.3 is 5.32 Å². The Labute approximate surface area is 127 Å². The number of sulfonamides is 1. The van der Waals surface area contributed by atoms with Gasteiger partial charge in [-0.05, 0) is 50.3 Å². The normalized spacial score (nSPS) is 27.9. The molecular weight excluding hydrogens is 284 g/mol. The molecule has 0 amide bonds. The summed E-state index contributed by atoms with van der Waals surface area (Å²) in [5, 5.41) is 3.59. The van der Waals surface area contributed by atoms with Crippen molar-refractivity contribution in [2.75, 3.05) is 19.6 Å². The predicted molar refractivity (Wildman–Crippen MR) is 83.7 cm³/mol. The molecule has 0 unspecified atom stereocenters. The maximum absolute atomic E-state index is 12.9. The lowest BCUT2D eigenvalue weighted by molar-refractivity contribution is 0.209. The summed E-state index contributed by atoms with van der Waals surface area (Å²) >= 11 is 0. The van der Waals surface area contributed by atoms with Crippen molar-refractivity contribution in [3.63, 3.8) is 0 Å². The zero-order chi connectivity index (χ0) is 14.9. The Balaban J connectivity index is 1.82. The highest BCUT2D eigenvalue weighted by atomic mass is 32.2. The topological polar surface area (TPSA) is 49.4 Å². The monoisotopic (exact) mass is 308 g/mol. The quantitative estimate of drug-likeness (QED) is 0.911. The van der Waals surface area contributed by atoms with E-state index in [9.17, 15) is 8.42 Å². The van der Waals surface area contributed by atoms with E-state index < -0.39 is 10.0 Å². The molecule has 2 atom stereocenters. The number of benzene rings is 1. The van der Waals surface area contributed by atoms with Crippen LogP contribution in [0.3, 0.4) is 0 Å². The Kier molecular flexibility index (Phi) is 4.33. The third-order valence-corrected chi connectivity index (χ3v) is 6.84. The lowest BCUT2D eigenvalue weighted by atomic mass is 9.90. The van der Waals surface area contributed by atoms with Crippen LogP contribution in [0.2, 0.25) is 0 Å². The predicted octanol–water partition coefficient (Wildman–Crippen LogP) is 2.15. The summed E-state index contributed by atoms with van der Waals surface area (Å²) in [6.45, 7) is 4.23. The van der Waals surface area contributed by atoms with Crippen LogP contribution < -0.4 is 5.32 Å². The van der Waals surface area contributed by atoms with Crippen LogP contribution in [0, 0.1) is 12.8 Å². The number of rotatable bonds is 2. The van der Waals surface area contributed by atoms with Crippen LogP contribution in [-0.4, -0.2) is 38.4 Å². The van der Waals surface area contributed by atoms with E-state index in [0.717, 1.165) is 24.9 Å². The highest BCUT2D eigenvalue weighted by molar-refractivity contribution is 7.89. The van der Waals surface area contributed by atoms with E-state index in [-0.39, 0.29) is 0 Å². The third-order valence-electron chi connectivity index (χ3n) is 4.82. The Morgan fingerprint density at radius 1 is 1.19 bits per heavy atom. The van der Waals surface area contributed by atoms with Gasteiger partial charge in [0.05, 0.1) is 4.90 Å². The van der Waals surface area contributed by atoms with Gasteiger partial charge in [0, 0.05) is 19.1 Å². The van der Waals surface area contributed by atoms with E-state index in [4.69, 9.17) is 0 Å². The minimum absolute atomic E-state index is 0.458. The molecule has 0 spiro atoms. The molecule has 21 heavy (non-hydrogen) atoms. The van der Waals surface area contributed by atoms with Gasteiger partial charge >= 0.3 is 0 Å². The van der Waals surface area contributed by atoms with E-state index in [1.165, 1.54) is 12.8 Å². The van der Waals surface area contributed by atoms with Crippen LogP contribution in [0.4, 0.5) is 0 Å². The lowest BCUT2D eigenvalue weighted by Crippen LogP contribution is -2.50. The highest BCUT2D eigenvalue weighted by Crippen LogP contribution is 2.29. The van der Waals surface area contributed by atoms with E-state index in [0.29, 0.717) is 29.9 Å². The van der Waals surface area contributed by atoms with Crippen molar-refractivity contribution < 1.29 is 8.42 Å². The van der Waals surface area contributed by atoms with Crippen molar-refractivity contribution in [2.45, 2.75) is 43.5 Å². The molecule has 1 aromatic carbocycles. The second-order valence-electron chi connectivity index (χ2n) is 6.23. The molecule has 2 fully saturated rings. The van der Waals surface area contributed by atoms with Gasteiger partial charge in [-0.15, -0.1) is 0 Å². The van der Waals surface area contributed by atoms with Crippen molar-refractivity contribution >= 4 is 10.0 Å². The number of aryl methyl sites for hydroxylation is 1. The summed E-state index contributed by atoms with van der Waals surface area (Å²) in [6, 6.07) is 7.78. The number of hydrogen-bond acceptors (Lipinski definition) is 3. The summed E-state index contributed by atoms with van der Waals surface area (Å²) in [5.74, 6) is 0.458. The summed E-state index contributed by atoms with van der Waals surface area (Å²) in [7, 11) is -3.35. The van der Waals surface area contributed by atoms with Crippen LogP contribution in [0.25, 0.3) is 0 Å².